The molecule has 1 aromatic heterocycles. The first kappa shape index (κ1) is 12.9. The van der Waals surface area contributed by atoms with E-state index in [-0.39, 0.29) is 6.04 Å². The summed E-state index contributed by atoms with van der Waals surface area (Å²) in [6.07, 6.45) is 3.74. The molecule has 1 unspecified atom stereocenters. The van der Waals surface area contributed by atoms with Crippen molar-refractivity contribution >= 4 is 0 Å². The van der Waals surface area contributed by atoms with Crippen LogP contribution in [0, 0.1) is 0 Å². The van der Waals surface area contributed by atoms with E-state index in [2.05, 4.69) is 17.2 Å². The number of hydrogen-bond acceptors (Lipinski definition) is 4. The van der Waals surface area contributed by atoms with Gasteiger partial charge in [-0.2, -0.15) is 0 Å². The molecular weight excluding hydrogens is 204 g/mol. The first-order valence-electron chi connectivity index (χ1n) is 5.60. The van der Waals surface area contributed by atoms with Crippen molar-refractivity contribution in [1.82, 2.24) is 10.3 Å². The fourth-order valence-electron chi connectivity index (χ4n) is 1.55. The largest absolute Gasteiger partial charge is 0.496 e. The average Bonchev–Trinajstić information content (AvgIpc) is 2.34. The molecule has 0 aromatic carbocycles. The third-order valence-electron chi connectivity index (χ3n) is 2.54. The van der Waals surface area contributed by atoms with Crippen molar-refractivity contribution in [3.05, 3.63) is 24.0 Å². The van der Waals surface area contributed by atoms with Gasteiger partial charge in [-0.05, 0) is 26.0 Å². The van der Waals surface area contributed by atoms with Crippen LogP contribution in [0.25, 0.3) is 0 Å². The Morgan fingerprint density at radius 1 is 1.56 bits per heavy atom. The molecule has 0 aliphatic carbocycles. The number of pyridine rings is 1. The van der Waals surface area contributed by atoms with E-state index in [0.29, 0.717) is 5.75 Å². The summed E-state index contributed by atoms with van der Waals surface area (Å²) in [4.78, 5) is 4.01. The highest BCUT2D eigenvalue weighted by Gasteiger charge is 2.19. The zero-order valence-corrected chi connectivity index (χ0v) is 10.1. The van der Waals surface area contributed by atoms with Gasteiger partial charge in [0.15, 0.2) is 0 Å². The quantitative estimate of drug-likeness (QED) is 0.769. The van der Waals surface area contributed by atoms with Crippen LogP contribution in [0.5, 0.6) is 5.75 Å². The van der Waals surface area contributed by atoms with Crippen LogP contribution in [0.2, 0.25) is 0 Å². The summed E-state index contributed by atoms with van der Waals surface area (Å²) < 4.78 is 5.19. The van der Waals surface area contributed by atoms with E-state index in [9.17, 15) is 5.11 Å². The van der Waals surface area contributed by atoms with E-state index < -0.39 is 6.10 Å². The van der Waals surface area contributed by atoms with E-state index in [1.54, 1.807) is 25.6 Å². The Morgan fingerprint density at radius 3 is 2.94 bits per heavy atom. The summed E-state index contributed by atoms with van der Waals surface area (Å²) in [5.41, 5.74) is 0.723. The fraction of sp³-hybridized carbons (Fsp3) is 0.583. The Kier molecular flexibility index (Phi) is 5.22. The molecule has 0 spiro atoms. The minimum absolute atomic E-state index is 0.0157. The van der Waals surface area contributed by atoms with Crippen LogP contribution in [0.1, 0.15) is 31.9 Å². The molecule has 0 amide bonds. The summed E-state index contributed by atoms with van der Waals surface area (Å²) in [7, 11) is 1.59. The number of nitrogens with one attached hydrogen (secondary N) is 1. The van der Waals surface area contributed by atoms with Gasteiger partial charge >= 0.3 is 0 Å². The summed E-state index contributed by atoms with van der Waals surface area (Å²) in [6.45, 7) is 4.93. The number of ether oxygens (including phenoxy) is 1. The maximum absolute atomic E-state index is 10.1. The third-order valence-corrected chi connectivity index (χ3v) is 2.54. The minimum Gasteiger partial charge on any atom is -0.496 e. The van der Waals surface area contributed by atoms with Crippen LogP contribution in [0.4, 0.5) is 0 Å². The van der Waals surface area contributed by atoms with Crippen molar-refractivity contribution in [3.63, 3.8) is 0 Å². The molecular formula is C12H20N2O2. The maximum atomic E-state index is 10.1. The van der Waals surface area contributed by atoms with E-state index in [1.165, 1.54) is 0 Å². The van der Waals surface area contributed by atoms with Crippen LogP contribution in [-0.4, -0.2) is 29.8 Å². The topological polar surface area (TPSA) is 54.4 Å². The van der Waals surface area contributed by atoms with Crippen molar-refractivity contribution in [1.29, 1.82) is 0 Å². The molecule has 0 bridgehead atoms. The zero-order valence-electron chi connectivity index (χ0n) is 10.1. The van der Waals surface area contributed by atoms with Gasteiger partial charge in [0.05, 0.1) is 13.2 Å². The van der Waals surface area contributed by atoms with Gasteiger partial charge in [-0.3, -0.25) is 4.98 Å². The van der Waals surface area contributed by atoms with E-state index in [1.807, 2.05) is 6.92 Å². The monoisotopic (exact) mass is 224 g/mol. The summed E-state index contributed by atoms with van der Waals surface area (Å²) in [6, 6.07) is 1.74. The molecule has 2 atom stereocenters. The van der Waals surface area contributed by atoms with Crippen LogP contribution < -0.4 is 10.1 Å². The Morgan fingerprint density at radius 2 is 2.31 bits per heavy atom. The highest BCUT2D eigenvalue weighted by molar-refractivity contribution is 5.32. The van der Waals surface area contributed by atoms with Gasteiger partial charge < -0.3 is 15.2 Å². The predicted molar refractivity (Wildman–Crippen MR) is 63.5 cm³/mol. The van der Waals surface area contributed by atoms with Crippen LogP contribution >= 0.6 is 0 Å². The summed E-state index contributed by atoms with van der Waals surface area (Å²) >= 11 is 0. The van der Waals surface area contributed by atoms with E-state index >= 15 is 0 Å². The standard InChI is InChI=1S/C12H20N2O2/c1-4-6-14-9(2)12(15)10-8-13-7-5-11(10)16-3/h5,7-9,12,14-15H,4,6H2,1-3H3/t9-,12?/m1/s1. The maximum Gasteiger partial charge on any atom is 0.127 e. The Hall–Kier alpha value is -1.13. The Labute approximate surface area is 96.7 Å². The second-order valence-corrected chi connectivity index (χ2v) is 3.81. The van der Waals surface area contributed by atoms with Crippen molar-refractivity contribution in [2.75, 3.05) is 13.7 Å². The number of methoxy groups -OCH3 is 1. The van der Waals surface area contributed by atoms with Crippen molar-refractivity contribution in [2.24, 2.45) is 0 Å². The molecule has 1 heterocycles. The highest BCUT2D eigenvalue weighted by atomic mass is 16.5. The third kappa shape index (κ3) is 3.18. The molecule has 0 aliphatic rings. The highest BCUT2D eigenvalue weighted by Crippen LogP contribution is 2.25. The second kappa shape index (κ2) is 6.45. The molecule has 0 saturated carbocycles. The number of aromatic nitrogens is 1. The molecule has 2 N–H and O–H groups in total. The van der Waals surface area contributed by atoms with Crippen molar-refractivity contribution in [3.8, 4) is 5.75 Å². The van der Waals surface area contributed by atoms with Gasteiger partial charge in [-0.25, -0.2) is 0 Å². The van der Waals surface area contributed by atoms with Gasteiger partial charge in [0.25, 0.3) is 0 Å². The summed E-state index contributed by atoms with van der Waals surface area (Å²) in [5, 5.41) is 13.4. The first-order chi connectivity index (χ1) is 7.70. The fourth-order valence-corrected chi connectivity index (χ4v) is 1.55. The van der Waals surface area contributed by atoms with Crippen molar-refractivity contribution < 1.29 is 9.84 Å². The Bertz CT molecular complexity index is 318. The number of hydrogen-bond donors (Lipinski definition) is 2. The van der Waals surface area contributed by atoms with Gasteiger partial charge in [0, 0.05) is 24.0 Å². The lowest BCUT2D eigenvalue weighted by Crippen LogP contribution is -2.32. The number of aliphatic hydroxyl groups is 1. The zero-order chi connectivity index (χ0) is 12.0. The Balaban J connectivity index is 2.74. The first-order valence-corrected chi connectivity index (χ1v) is 5.60. The lowest BCUT2D eigenvalue weighted by Gasteiger charge is -2.21. The van der Waals surface area contributed by atoms with Crippen molar-refractivity contribution in [2.45, 2.75) is 32.4 Å². The second-order valence-electron chi connectivity index (χ2n) is 3.81. The summed E-state index contributed by atoms with van der Waals surface area (Å²) in [5.74, 6) is 0.674. The van der Waals surface area contributed by atoms with Gasteiger partial charge in [0.1, 0.15) is 5.75 Å². The average molecular weight is 224 g/mol. The van der Waals surface area contributed by atoms with Crippen LogP contribution in [0.3, 0.4) is 0 Å². The number of aliphatic hydroxyl groups excluding tert-OH is 1. The normalized spacial score (nSPS) is 14.5. The SMILES string of the molecule is CCCN[C@H](C)C(O)c1cnccc1OC. The molecule has 90 valence electrons. The van der Waals surface area contributed by atoms with E-state index in [4.69, 9.17) is 4.74 Å². The molecule has 4 nitrogen and oxygen atoms in total. The van der Waals surface area contributed by atoms with Gasteiger partial charge in [-0.15, -0.1) is 0 Å². The van der Waals surface area contributed by atoms with Gasteiger partial charge in [0.2, 0.25) is 0 Å². The lowest BCUT2D eigenvalue weighted by atomic mass is 10.0. The van der Waals surface area contributed by atoms with Gasteiger partial charge in [-0.1, -0.05) is 6.92 Å². The molecule has 4 heteroatoms. The molecule has 0 saturated heterocycles. The number of rotatable bonds is 6. The lowest BCUT2D eigenvalue weighted by molar-refractivity contribution is 0.132. The van der Waals surface area contributed by atoms with Crippen LogP contribution in [-0.2, 0) is 0 Å². The molecule has 0 aliphatic heterocycles. The number of nitrogens with zero attached hydrogens (tertiary/aromatic N) is 1. The molecule has 0 fully saturated rings. The van der Waals surface area contributed by atoms with E-state index in [0.717, 1.165) is 18.5 Å². The van der Waals surface area contributed by atoms with Crippen LogP contribution in [0.15, 0.2) is 18.5 Å². The predicted octanol–water partition coefficient (Wildman–Crippen LogP) is 1.51. The smallest absolute Gasteiger partial charge is 0.127 e. The molecule has 0 radical (unpaired) electrons. The molecule has 16 heavy (non-hydrogen) atoms. The molecule has 1 aromatic rings. The minimum atomic E-state index is -0.602. The molecule has 1 rings (SSSR count).